The first-order chi connectivity index (χ1) is 8.54. The van der Waals surface area contributed by atoms with E-state index in [4.69, 9.17) is 0 Å². The van der Waals surface area contributed by atoms with E-state index in [1.807, 2.05) is 0 Å². The van der Waals surface area contributed by atoms with E-state index in [1.54, 1.807) is 0 Å². The predicted octanol–water partition coefficient (Wildman–Crippen LogP) is 3.84. The molecular weight excluding hydrogens is 220 g/mol. The molecule has 0 bridgehead atoms. The summed E-state index contributed by atoms with van der Waals surface area (Å²) in [6.07, 6.45) is 3.81. The summed E-state index contributed by atoms with van der Waals surface area (Å²) < 4.78 is 0. The second-order valence-electron chi connectivity index (χ2n) is 5.66. The van der Waals surface area contributed by atoms with Gasteiger partial charge < -0.3 is 10.2 Å². The number of rotatable bonds is 7. The second kappa shape index (κ2) is 7.42. The molecule has 0 heterocycles. The predicted molar refractivity (Wildman–Crippen MR) is 81.3 cm³/mol. The first-order valence-corrected chi connectivity index (χ1v) is 6.99. The van der Waals surface area contributed by atoms with Crippen molar-refractivity contribution in [1.29, 1.82) is 0 Å². The highest BCUT2D eigenvalue weighted by Gasteiger charge is 2.10. The standard InChI is InChI=1S/C16H28N2/c1-13(2)8-6-11-16(17-3)14-9-7-10-15(12-14)18(4)5/h7,9-10,12-13,16-17H,6,8,11H2,1-5H3. The third-order valence-electron chi connectivity index (χ3n) is 3.41. The summed E-state index contributed by atoms with van der Waals surface area (Å²) >= 11 is 0. The third kappa shape index (κ3) is 4.69. The minimum atomic E-state index is 0.476. The van der Waals surface area contributed by atoms with Crippen molar-refractivity contribution in [3.05, 3.63) is 29.8 Å². The van der Waals surface area contributed by atoms with Gasteiger partial charge in [-0.05, 0) is 37.1 Å². The molecule has 1 unspecified atom stereocenters. The Kier molecular flexibility index (Phi) is 6.20. The molecule has 0 saturated heterocycles. The minimum Gasteiger partial charge on any atom is -0.378 e. The smallest absolute Gasteiger partial charge is 0.0364 e. The van der Waals surface area contributed by atoms with E-state index >= 15 is 0 Å². The molecule has 1 aromatic rings. The molecule has 0 fully saturated rings. The highest BCUT2D eigenvalue weighted by Crippen LogP contribution is 2.23. The lowest BCUT2D eigenvalue weighted by Crippen LogP contribution is -2.17. The molecule has 0 spiro atoms. The molecule has 0 aromatic heterocycles. The van der Waals surface area contributed by atoms with Crippen LogP contribution >= 0.6 is 0 Å². The van der Waals surface area contributed by atoms with Gasteiger partial charge in [0.05, 0.1) is 0 Å². The van der Waals surface area contributed by atoms with Gasteiger partial charge in [-0.2, -0.15) is 0 Å². The zero-order valence-corrected chi connectivity index (χ0v) is 12.5. The fourth-order valence-corrected chi connectivity index (χ4v) is 2.23. The van der Waals surface area contributed by atoms with Gasteiger partial charge in [-0.25, -0.2) is 0 Å². The molecule has 0 amide bonds. The van der Waals surface area contributed by atoms with Crippen molar-refractivity contribution in [2.75, 3.05) is 26.0 Å². The lowest BCUT2D eigenvalue weighted by Gasteiger charge is -2.20. The van der Waals surface area contributed by atoms with Gasteiger partial charge in [0, 0.05) is 25.8 Å². The summed E-state index contributed by atoms with van der Waals surface area (Å²) in [7, 11) is 6.24. The van der Waals surface area contributed by atoms with E-state index in [-0.39, 0.29) is 0 Å². The van der Waals surface area contributed by atoms with Crippen molar-refractivity contribution < 1.29 is 0 Å². The van der Waals surface area contributed by atoms with Gasteiger partial charge in [0.15, 0.2) is 0 Å². The van der Waals surface area contributed by atoms with Gasteiger partial charge in [0.25, 0.3) is 0 Å². The molecule has 2 heteroatoms. The third-order valence-corrected chi connectivity index (χ3v) is 3.41. The fraction of sp³-hybridized carbons (Fsp3) is 0.625. The van der Waals surface area contributed by atoms with Crippen LogP contribution in [0.4, 0.5) is 5.69 Å². The molecular formula is C16H28N2. The van der Waals surface area contributed by atoms with Crippen molar-refractivity contribution in [3.8, 4) is 0 Å². The lowest BCUT2D eigenvalue weighted by molar-refractivity contribution is 0.470. The summed E-state index contributed by atoms with van der Waals surface area (Å²) in [5.74, 6) is 0.801. The van der Waals surface area contributed by atoms with Crippen LogP contribution in [0.15, 0.2) is 24.3 Å². The van der Waals surface area contributed by atoms with Crippen molar-refractivity contribution >= 4 is 5.69 Å². The maximum Gasteiger partial charge on any atom is 0.0364 e. The Labute approximate surface area is 112 Å². The first-order valence-electron chi connectivity index (χ1n) is 6.99. The van der Waals surface area contributed by atoms with Crippen LogP contribution in [0.1, 0.15) is 44.7 Å². The Bertz CT molecular complexity index is 345. The Hall–Kier alpha value is -1.02. The van der Waals surface area contributed by atoms with Gasteiger partial charge in [-0.3, -0.25) is 0 Å². The Balaban J connectivity index is 2.66. The Morgan fingerprint density at radius 3 is 2.44 bits per heavy atom. The number of nitrogens with one attached hydrogen (secondary N) is 1. The summed E-state index contributed by atoms with van der Waals surface area (Å²) in [5, 5.41) is 3.44. The molecule has 0 aliphatic heterocycles. The molecule has 18 heavy (non-hydrogen) atoms. The maximum absolute atomic E-state index is 3.44. The van der Waals surface area contributed by atoms with Crippen molar-refractivity contribution in [2.45, 2.75) is 39.2 Å². The SMILES string of the molecule is CNC(CCCC(C)C)c1cccc(N(C)C)c1. The van der Waals surface area contributed by atoms with Crippen LogP contribution in [-0.4, -0.2) is 21.1 Å². The summed E-state index contributed by atoms with van der Waals surface area (Å²) in [5.41, 5.74) is 2.67. The summed E-state index contributed by atoms with van der Waals surface area (Å²) in [6.45, 7) is 4.59. The molecule has 0 aliphatic carbocycles. The number of benzene rings is 1. The number of nitrogens with zero attached hydrogens (tertiary/aromatic N) is 1. The van der Waals surface area contributed by atoms with E-state index in [0.717, 1.165) is 5.92 Å². The van der Waals surface area contributed by atoms with Gasteiger partial charge in [-0.15, -0.1) is 0 Å². The molecule has 1 N–H and O–H groups in total. The zero-order chi connectivity index (χ0) is 13.5. The number of hydrogen-bond acceptors (Lipinski definition) is 2. The normalized spacial score (nSPS) is 12.8. The van der Waals surface area contributed by atoms with Crippen LogP contribution < -0.4 is 10.2 Å². The molecule has 1 atom stereocenters. The zero-order valence-electron chi connectivity index (χ0n) is 12.5. The molecule has 0 radical (unpaired) electrons. The average molecular weight is 248 g/mol. The van der Waals surface area contributed by atoms with Gasteiger partial charge in [-0.1, -0.05) is 38.8 Å². The monoisotopic (exact) mass is 248 g/mol. The molecule has 0 aliphatic rings. The average Bonchev–Trinajstić information content (AvgIpc) is 2.34. The van der Waals surface area contributed by atoms with Gasteiger partial charge >= 0.3 is 0 Å². The Morgan fingerprint density at radius 1 is 1.17 bits per heavy atom. The number of anilines is 1. The van der Waals surface area contributed by atoms with Crippen LogP contribution in [0.5, 0.6) is 0 Å². The first kappa shape index (κ1) is 15.0. The second-order valence-corrected chi connectivity index (χ2v) is 5.66. The fourth-order valence-electron chi connectivity index (χ4n) is 2.23. The van der Waals surface area contributed by atoms with E-state index in [0.29, 0.717) is 6.04 Å². The minimum absolute atomic E-state index is 0.476. The summed E-state index contributed by atoms with van der Waals surface area (Å²) in [4.78, 5) is 2.16. The maximum atomic E-state index is 3.44. The van der Waals surface area contributed by atoms with Crippen molar-refractivity contribution in [2.24, 2.45) is 5.92 Å². The van der Waals surface area contributed by atoms with E-state index in [2.05, 4.69) is 69.5 Å². The van der Waals surface area contributed by atoms with Crippen molar-refractivity contribution in [3.63, 3.8) is 0 Å². The van der Waals surface area contributed by atoms with Crippen LogP contribution in [0.25, 0.3) is 0 Å². The van der Waals surface area contributed by atoms with E-state index in [1.165, 1.54) is 30.5 Å². The summed E-state index contributed by atoms with van der Waals surface area (Å²) in [6, 6.07) is 9.30. The lowest BCUT2D eigenvalue weighted by atomic mass is 9.98. The van der Waals surface area contributed by atoms with Crippen LogP contribution in [0.3, 0.4) is 0 Å². The highest BCUT2D eigenvalue weighted by molar-refractivity contribution is 5.47. The van der Waals surface area contributed by atoms with E-state index < -0.39 is 0 Å². The molecule has 102 valence electrons. The molecule has 1 rings (SSSR count). The van der Waals surface area contributed by atoms with E-state index in [9.17, 15) is 0 Å². The molecule has 2 nitrogen and oxygen atoms in total. The van der Waals surface area contributed by atoms with Crippen LogP contribution in [-0.2, 0) is 0 Å². The quantitative estimate of drug-likeness (QED) is 0.788. The Morgan fingerprint density at radius 2 is 1.89 bits per heavy atom. The van der Waals surface area contributed by atoms with Gasteiger partial charge in [0.1, 0.15) is 0 Å². The van der Waals surface area contributed by atoms with Gasteiger partial charge in [0.2, 0.25) is 0 Å². The van der Waals surface area contributed by atoms with Crippen LogP contribution in [0.2, 0.25) is 0 Å². The largest absolute Gasteiger partial charge is 0.378 e. The molecule has 1 aromatic carbocycles. The van der Waals surface area contributed by atoms with Crippen LogP contribution in [0, 0.1) is 5.92 Å². The molecule has 0 saturated carbocycles. The topological polar surface area (TPSA) is 15.3 Å². The number of hydrogen-bond donors (Lipinski definition) is 1. The highest BCUT2D eigenvalue weighted by atomic mass is 15.1. The van der Waals surface area contributed by atoms with Crippen molar-refractivity contribution in [1.82, 2.24) is 5.32 Å².